The summed E-state index contributed by atoms with van der Waals surface area (Å²) in [5.74, 6) is 0.708. The molecule has 0 bridgehead atoms. The fourth-order valence-corrected chi connectivity index (χ4v) is 1.32. The molecule has 1 rings (SSSR count). The lowest BCUT2D eigenvalue weighted by molar-refractivity contribution is 0.474. The van der Waals surface area contributed by atoms with Crippen LogP contribution in [0.25, 0.3) is 0 Å². The lowest BCUT2D eigenvalue weighted by Gasteiger charge is -2.06. The first-order chi connectivity index (χ1) is 8.08. The van der Waals surface area contributed by atoms with Gasteiger partial charge in [-0.05, 0) is 31.0 Å². The molecule has 0 aliphatic rings. The van der Waals surface area contributed by atoms with Gasteiger partial charge >= 0.3 is 0 Å². The fraction of sp³-hybridized carbons (Fsp3) is 0.308. The van der Waals surface area contributed by atoms with E-state index in [9.17, 15) is 5.11 Å². The Kier molecular flexibility index (Phi) is 8.19. The largest absolute Gasteiger partial charge is 0.508 e. The number of hydrogen-bond acceptors (Lipinski definition) is 2. The monoisotopic (exact) mass is 361 g/mol. The number of guanidine groups is 1. The van der Waals surface area contributed by atoms with Crippen LogP contribution in [0.4, 0.5) is 0 Å². The molecule has 4 nitrogen and oxygen atoms in total. The van der Waals surface area contributed by atoms with Crippen molar-refractivity contribution in [1.82, 2.24) is 5.32 Å². The van der Waals surface area contributed by atoms with Crippen LogP contribution >= 0.6 is 24.0 Å². The van der Waals surface area contributed by atoms with Crippen molar-refractivity contribution in [3.63, 3.8) is 0 Å². The van der Waals surface area contributed by atoms with Crippen LogP contribution in [0.15, 0.2) is 41.4 Å². The highest BCUT2D eigenvalue weighted by Gasteiger charge is 1.95. The van der Waals surface area contributed by atoms with Crippen LogP contribution in [0, 0.1) is 0 Å². The number of halogens is 1. The van der Waals surface area contributed by atoms with Crippen molar-refractivity contribution in [2.75, 3.05) is 13.1 Å². The summed E-state index contributed by atoms with van der Waals surface area (Å²) in [6, 6.07) is 7.17. The van der Waals surface area contributed by atoms with Crippen LogP contribution < -0.4 is 11.1 Å². The molecule has 0 heterocycles. The van der Waals surface area contributed by atoms with Crippen LogP contribution in [0.3, 0.4) is 0 Å². The van der Waals surface area contributed by atoms with Crippen molar-refractivity contribution < 1.29 is 5.11 Å². The molecule has 0 aliphatic carbocycles. The van der Waals surface area contributed by atoms with Gasteiger partial charge in [0.15, 0.2) is 5.96 Å². The summed E-state index contributed by atoms with van der Waals surface area (Å²) < 4.78 is 0. The number of phenolic OH excluding ortho intramolecular Hbond substituents is 1. The van der Waals surface area contributed by atoms with E-state index in [0.717, 1.165) is 17.6 Å². The maximum Gasteiger partial charge on any atom is 0.188 e. The second-order valence-electron chi connectivity index (χ2n) is 4.01. The molecule has 0 saturated heterocycles. The zero-order valence-corrected chi connectivity index (χ0v) is 12.8. The minimum Gasteiger partial charge on any atom is -0.508 e. The van der Waals surface area contributed by atoms with E-state index in [1.807, 2.05) is 19.1 Å². The molecule has 0 saturated carbocycles. The Bertz CT molecular complexity index is 418. The first kappa shape index (κ1) is 16.8. The third-order valence-corrected chi connectivity index (χ3v) is 2.15. The van der Waals surface area contributed by atoms with E-state index in [0.29, 0.717) is 19.0 Å². The molecule has 100 valence electrons. The molecule has 5 heteroatoms. The molecule has 0 radical (unpaired) electrons. The summed E-state index contributed by atoms with van der Waals surface area (Å²) in [7, 11) is 0. The van der Waals surface area contributed by atoms with Gasteiger partial charge in [0.1, 0.15) is 5.75 Å². The molecule has 1 aromatic carbocycles. The number of aliphatic imine (C=N–C) groups is 1. The third kappa shape index (κ3) is 7.16. The molecule has 4 N–H and O–H groups in total. The first-order valence-corrected chi connectivity index (χ1v) is 5.54. The maximum absolute atomic E-state index is 9.29. The second kappa shape index (κ2) is 8.79. The van der Waals surface area contributed by atoms with Gasteiger partial charge in [-0.2, -0.15) is 0 Å². The topological polar surface area (TPSA) is 70.6 Å². The zero-order chi connectivity index (χ0) is 12.7. The van der Waals surface area contributed by atoms with Crippen LogP contribution in [0.2, 0.25) is 0 Å². The van der Waals surface area contributed by atoms with Crippen molar-refractivity contribution in [2.45, 2.75) is 13.3 Å². The van der Waals surface area contributed by atoms with Gasteiger partial charge in [0, 0.05) is 6.54 Å². The van der Waals surface area contributed by atoms with Crippen molar-refractivity contribution in [3.05, 3.63) is 42.0 Å². The first-order valence-electron chi connectivity index (χ1n) is 5.54. The van der Waals surface area contributed by atoms with Gasteiger partial charge in [-0.3, -0.25) is 0 Å². The Hall–Kier alpha value is -1.24. The summed E-state index contributed by atoms with van der Waals surface area (Å²) in [4.78, 5) is 4.11. The molecule has 0 aliphatic heterocycles. The quantitative estimate of drug-likeness (QED) is 0.325. The van der Waals surface area contributed by atoms with E-state index in [1.165, 1.54) is 0 Å². The molecular weight excluding hydrogens is 341 g/mol. The van der Waals surface area contributed by atoms with Gasteiger partial charge < -0.3 is 16.2 Å². The average Bonchev–Trinajstić information content (AvgIpc) is 2.26. The highest BCUT2D eigenvalue weighted by molar-refractivity contribution is 14.0. The molecule has 0 aromatic heterocycles. The van der Waals surface area contributed by atoms with E-state index >= 15 is 0 Å². The summed E-state index contributed by atoms with van der Waals surface area (Å²) in [6.07, 6.45) is 0.789. The number of nitrogens with one attached hydrogen (secondary N) is 1. The van der Waals surface area contributed by atoms with E-state index in [2.05, 4.69) is 16.9 Å². The number of nitrogens with two attached hydrogens (primary N) is 1. The Morgan fingerprint density at radius 3 is 2.83 bits per heavy atom. The van der Waals surface area contributed by atoms with Gasteiger partial charge in [-0.1, -0.05) is 24.3 Å². The van der Waals surface area contributed by atoms with Crippen molar-refractivity contribution >= 4 is 29.9 Å². The van der Waals surface area contributed by atoms with Crippen molar-refractivity contribution in [1.29, 1.82) is 0 Å². The number of aromatic hydroxyl groups is 1. The van der Waals surface area contributed by atoms with Crippen LogP contribution in [-0.4, -0.2) is 24.2 Å². The van der Waals surface area contributed by atoms with Crippen LogP contribution in [0.5, 0.6) is 5.75 Å². The molecule has 0 atom stereocenters. The Labute approximate surface area is 125 Å². The van der Waals surface area contributed by atoms with Crippen LogP contribution in [0.1, 0.15) is 12.5 Å². The Balaban J connectivity index is 0.00000289. The highest BCUT2D eigenvalue weighted by Crippen LogP contribution is 2.10. The van der Waals surface area contributed by atoms with Gasteiger partial charge in [-0.15, -0.1) is 24.0 Å². The maximum atomic E-state index is 9.29. The smallest absolute Gasteiger partial charge is 0.188 e. The van der Waals surface area contributed by atoms with Crippen LogP contribution in [-0.2, 0) is 6.42 Å². The number of benzene rings is 1. The number of nitrogens with zero attached hydrogens (tertiary/aromatic N) is 1. The Morgan fingerprint density at radius 2 is 2.22 bits per heavy atom. The molecular formula is C13H20IN3O. The van der Waals surface area contributed by atoms with Gasteiger partial charge in [0.25, 0.3) is 0 Å². The van der Waals surface area contributed by atoms with E-state index < -0.39 is 0 Å². The SMILES string of the molecule is C=C(C)CN=C(N)NCCc1cccc(O)c1.I. The van der Waals surface area contributed by atoms with Gasteiger partial charge in [0.2, 0.25) is 0 Å². The normalized spacial score (nSPS) is 10.6. The van der Waals surface area contributed by atoms with Gasteiger partial charge in [0.05, 0.1) is 6.54 Å². The van der Waals surface area contributed by atoms with E-state index in [1.54, 1.807) is 12.1 Å². The standard InChI is InChI=1S/C13H19N3O.HI/c1-10(2)9-16-13(14)15-7-6-11-4-3-5-12(17)8-11;/h3-5,8,17H,1,6-7,9H2,2H3,(H3,14,15,16);1H. The fourth-order valence-electron chi connectivity index (χ4n) is 1.32. The van der Waals surface area contributed by atoms with E-state index in [-0.39, 0.29) is 29.7 Å². The minimum atomic E-state index is 0. The molecule has 0 amide bonds. The summed E-state index contributed by atoms with van der Waals surface area (Å²) in [5.41, 5.74) is 7.70. The molecule has 0 spiro atoms. The molecule has 1 aromatic rings. The average molecular weight is 361 g/mol. The lowest BCUT2D eigenvalue weighted by Crippen LogP contribution is -2.33. The number of phenols is 1. The molecule has 18 heavy (non-hydrogen) atoms. The summed E-state index contributed by atoms with van der Waals surface area (Å²) >= 11 is 0. The van der Waals surface area contributed by atoms with Gasteiger partial charge in [-0.25, -0.2) is 4.99 Å². The minimum absolute atomic E-state index is 0. The predicted octanol–water partition coefficient (Wildman–Crippen LogP) is 2.03. The summed E-state index contributed by atoms with van der Waals surface area (Å²) in [5, 5.41) is 12.3. The summed E-state index contributed by atoms with van der Waals surface area (Å²) in [6.45, 7) is 6.89. The molecule has 0 unspecified atom stereocenters. The number of hydrogen-bond donors (Lipinski definition) is 3. The zero-order valence-electron chi connectivity index (χ0n) is 10.5. The second-order valence-corrected chi connectivity index (χ2v) is 4.01. The van der Waals surface area contributed by atoms with Crippen molar-refractivity contribution in [2.24, 2.45) is 10.7 Å². The van der Waals surface area contributed by atoms with E-state index in [4.69, 9.17) is 5.73 Å². The van der Waals surface area contributed by atoms with Crippen molar-refractivity contribution in [3.8, 4) is 5.75 Å². The lowest BCUT2D eigenvalue weighted by atomic mass is 10.1. The third-order valence-electron chi connectivity index (χ3n) is 2.15. The predicted molar refractivity (Wildman–Crippen MR) is 86.5 cm³/mol. The Morgan fingerprint density at radius 1 is 1.50 bits per heavy atom. The number of rotatable bonds is 5. The molecule has 0 fully saturated rings. The highest BCUT2D eigenvalue weighted by atomic mass is 127.